The molecule has 0 spiro atoms. The number of carbonyl (C=O) groups excluding carboxylic acids is 1. The van der Waals surface area contributed by atoms with Gasteiger partial charge in [-0.3, -0.25) is 9.79 Å². The Balaban J connectivity index is 1.28. The quantitative estimate of drug-likeness (QED) is 0.696. The van der Waals surface area contributed by atoms with Crippen molar-refractivity contribution in [2.45, 2.75) is 24.1 Å². The molecule has 2 aliphatic rings. The van der Waals surface area contributed by atoms with E-state index in [0.717, 1.165) is 22.0 Å². The van der Waals surface area contributed by atoms with Crippen LogP contribution < -0.4 is 16.4 Å². The lowest BCUT2D eigenvalue weighted by atomic mass is 10.1. The molecular formula is C20H20ClFN4OS. The lowest BCUT2D eigenvalue weighted by Crippen LogP contribution is -2.37. The summed E-state index contributed by atoms with van der Waals surface area (Å²) in [5.41, 5.74) is 10.1. The van der Waals surface area contributed by atoms with E-state index in [4.69, 9.17) is 17.3 Å². The van der Waals surface area contributed by atoms with Gasteiger partial charge in [-0.05, 0) is 41.3 Å². The number of anilines is 1. The van der Waals surface area contributed by atoms with Crippen molar-refractivity contribution in [2.75, 3.05) is 18.4 Å². The summed E-state index contributed by atoms with van der Waals surface area (Å²) in [5, 5.41) is 7.34. The molecule has 8 heteroatoms. The van der Waals surface area contributed by atoms with Crippen LogP contribution in [-0.2, 0) is 17.6 Å². The number of fused-ring (bicyclic) bond motifs is 1. The number of hydrogen-bond acceptors (Lipinski definition) is 5. The Kier molecular flexibility index (Phi) is 5.57. The second-order valence-electron chi connectivity index (χ2n) is 6.99. The van der Waals surface area contributed by atoms with Crippen molar-refractivity contribution >= 4 is 40.1 Å². The lowest BCUT2D eigenvalue weighted by molar-refractivity contribution is -0.115. The largest absolute Gasteiger partial charge is 0.363 e. The van der Waals surface area contributed by atoms with E-state index in [1.807, 2.05) is 12.1 Å². The van der Waals surface area contributed by atoms with Crippen molar-refractivity contribution in [1.29, 1.82) is 0 Å². The summed E-state index contributed by atoms with van der Waals surface area (Å²) in [6.45, 7) is 1.23. The molecular weight excluding hydrogens is 399 g/mol. The Bertz CT molecular complexity index is 952. The zero-order valence-electron chi connectivity index (χ0n) is 15.0. The third-order valence-corrected chi connectivity index (χ3v) is 6.29. The Labute approximate surface area is 171 Å². The molecule has 0 bridgehead atoms. The van der Waals surface area contributed by atoms with Crippen LogP contribution in [0.15, 0.2) is 41.4 Å². The summed E-state index contributed by atoms with van der Waals surface area (Å²) in [6, 6.07) is 10.7. The van der Waals surface area contributed by atoms with Gasteiger partial charge in [0.25, 0.3) is 0 Å². The molecule has 4 rings (SSSR count). The number of carbonyl (C=O) groups is 1. The van der Waals surface area contributed by atoms with Crippen LogP contribution in [-0.4, -0.2) is 30.2 Å². The molecule has 0 aromatic heterocycles. The van der Waals surface area contributed by atoms with E-state index >= 15 is 0 Å². The molecule has 28 heavy (non-hydrogen) atoms. The van der Waals surface area contributed by atoms with E-state index in [2.05, 4.69) is 21.7 Å². The number of amides is 1. The highest BCUT2D eigenvalue weighted by molar-refractivity contribution is 8.14. The van der Waals surface area contributed by atoms with E-state index in [-0.39, 0.29) is 22.2 Å². The van der Waals surface area contributed by atoms with Gasteiger partial charge in [0.15, 0.2) is 5.17 Å². The molecule has 0 saturated carbocycles. The van der Waals surface area contributed by atoms with Crippen molar-refractivity contribution in [2.24, 2.45) is 10.7 Å². The Morgan fingerprint density at radius 1 is 1.36 bits per heavy atom. The van der Waals surface area contributed by atoms with Gasteiger partial charge in [-0.25, -0.2) is 4.39 Å². The van der Waals surface area contributed by atoms with E-state index in [1.54, 1.807) is 23.9 Å². The fraction of sp³-hybridized carbons (Fsp3) is 0.300. The molecule has 0 saturated heterocycles. The third kappa shape index (κ3) is 4.32. The van der Waals surface area contributed by atoms with Crippen LogP contribution >= 0.6 is 23.4 Å². The number of benzene rings is 2. The van der Waals surface area contributed by atoms with Crippen LogP contribution in [0.4, 0.5) is 10.1 Å². The summed E-state index contributed by atoms with van der Waals surface area (Å²) < 4.78 is 13.5. The summed E-state index contributed by atoms with van der Waals surface area (Å²) in [4.78, 5) is 16.1. The van der Waals surface area contributed by atoms with E-state index in [0.29, 0.717) is 25.9 Å². The van der Waals surface area contributed by atoms with Crippen molar-refractivity contribution in [3.8, 4) is 0 Å². The number of amidine groups is 1. The third-order valence-electron chi connectivity index (χ3n) is 4.78. The molecule has 2 heterocycles. The molecule has 2 aromatic carbocycles. The minimum absolute atomic E-state index is 0.0411. The normalized spacial score (nSPS) is 19.2. The van der Waals surface area contributed by atoms with Crippen molar-refractivity contribution in [3.63, 3.8) is 0 Å². The standard InChI is InChI=1S/C20H20ClFN4OS/c21-15-3-1-11(6-16(15)22)5-14(23)9-24-20-25-10-18(28-20)12-2-4-17-13(7-12)8-19(27)26-17/h1-4,6-7,14,18H,5,8-10,23H2,(H,24,25)(H,26,27)/t14-,18?/m0/s1. The fourth-order valence-electron chi connectivity index (χ4n) is 3.36. The van der Waals surface area contributed by atoms with Gasteiger partial charge in [0, 0.05) is 18.3 Å². The lowest BCUT2D eigenvalue weighted by Gasteiger charge is -2.15. The van der Waals surface area contributed by atoms with Gasteiger partial charge < -0.3 is 16.4 Å². The summed E-state index contributed by atoms with van der Waals surface area (Å²) in [5.74, 6) is -0.386. The number of thioether (sulfide) groups is 1. The topological polar surface area (TPSA) is 79.5 Å². The Hall–Kier alpha value is -2.09. The number of aliphatic imine (C=N–C) groups is 1. The second-order valence-corrected chi connectivity index (χ2v) is 8.59. The first kappa shape index (κ1) is 19.2. The number of halogens is 2. The van der Waals surface area contributed by atoms with Crippen LogP contribution in [0.2, 0.25) is 5.02 Å². The first-order valence-corrected chi connectivity index (χ1v) is 10.3. The maximum atomic E-state index is 13.5. The molecule has 0 radical (unpaired) electrons. The monoisotopic (exact) mass is 418 g/mol. The van der Waals surface area contributed by atoms with E-state index in [9.17, 15) is 9.18 Å². The van der Waals surface area contributed by atoms with Gasteiger partial charge in [0.05, 0.1) is 23.2 Å². The number of nitrogens with zero attached hydrogens (tertiary/aromatic N) is 1. The molecule has 5 nitrogen and oxygen atoms in total. The molecule has 4 N–H and O–H groups in total. The SMILES string of the molecule is N[C@H](CNC1=NCC(c2ccc3c(c2)CC(=O)N3)S1)Cc1ccc(Cl)c(F)c1. The minimum atomic E-state index is -0.427. The van der Waals surface area contributed by atoms with Crippen LogP contribution in [0.3, 0.4) is 0 Å². The minimum Gasteiger partial charge on any atom is -0.363 e. The van der Waals surface area contributed by atoms with Gasteiger partial charge in [-0.15, -0.1) is 0 Å². The first-order chi connectivity index (χ1) is 13.5. The number of nitrogens with two attached hydrogens (primary N) is 1. The predicted molar refractivity (Wildman–Crippen MR) is 113 cm³/mol. The molecule has 2 atom stereocenters. The molecule has 146 valence electrons. The number of nitrogens with one attached hydrogen (secondary N) is 2. The average molecular weight is 419 g/mol. The average Bonchev–Trinajstić information content (AvgIpc) is 3.28. The van der Waals surface area contributed by atoms with Gasteiger partial charge in [0.2, 0.25) is 5.91 Å². The van der Waals surface area contributed by atoms with E-state index < -0.39 is 5.82 Å². The highest BCUT2D eigenvalue weighted by Crippen LogP contribution is 2.37. The van der Waals surface area contributed by atoms with Gasteiger partial charge >= 0.3 is 0 Å². The van der Waals surface area contributed by atoms with Crippen LogP contribution in [0.5, 0.6) is 0 Å². The highest BCUT2D eigenvalue weighted by Gasteiger charge is 2.24. The second kappa shape index (κ2) is 8.11. The molecule has 2 aromatic rings. The first-order valence-electron chi connectivity index (χ1n) is 9.05. The van der Waals surface area contributed by atoms with Crippen LogP contribution in [0, 0.1) is 5.82 Å². The summed E-state index contributed by atoms with van der Waals surface area (Å²) in [7, 11) is 0. The molecule has 2 aliphatic heterocycles. The van der Waals surface area contributed by atoms with Gasteiger partial charge in [-0.1, -0.05) is 41.6 Å². The zero-order valence-corrected chi connectivity index (χ0v) is 16.6. The van der Waals surface area contributed by atoms with Crippen LogP contribution in [0.1, 0.15) is 21.9 Å². The predicted octanol–water partition coefficient (Wildman–Crippen LogP) is 3.28. The smallest absolute Gasteiger partial charge is 0.228 e. The summed E-state index contributed by atoms with van der Waals surface area (Å²) >= 11 is 7.37. The number of rotatable bonds is 5. The van der Waals surface area contributed by atoms with Crippen molar-refractivity contribution < 1.29 is 9.18 Å². The van der Waals surface area contributed by atoms with Gasteiger partial charge in [0.1, 0.15) is 5.82 Å². The number of hydrogen-bond donors (Lipinski definition) is 3. The molecule has 0 aliphatic carbocycles. The Morgan fingerprint density at radius 3 is 3.04 bits per heavy atom. The zero-order chi connectivity index (χ0) is 19.7. The van der Waals surface area contributed by atoms with E-state index in [1.165, 1.54) is 11.6 Å². The molecule has 1 amide bonds. The van der Waals surface area contributed by atoms with Gasteiger partial charge in [-0.2, -0.15) is 0 Å². The van der Waals surface area contributed by atoms with Crippen LogP contribution in [0.25, 0.3) is 0 Å². The summed E-state index contributed by atoms with van der Waals surface area (Å²) in [6.07, 6.45) is 0.987. The van der Waals surface area contributed by atoms with Crippen molar-refractivity contribution in [1.82, 2.24) is 5.32 Å². The Morgan fingerprint density at radius 2 is 2.21 bits per heavy atom. The maximum Gasteiger partial charge on any atom is 0.228 e. The maximum absolute atomic E-state index is 13.5. The van der Waals surface area contributed by atoms with Crippen molar-refractivity contribution in [3.05, 3.63) is 63.9 Å². The molecule has 1 unspecified atom stereocenters. The molecule has 0 fully saturated rings. The highest BCUT2D eigenvalue weighted by atomic mass is 35.5. The fourth-order valence-corrected chi connectivity index (χ4v) is 4.49.